The van der Waals surface area contributed by atoms with Crippen molar-refractivity contribution in [3.63, 3.8) is 0 Å². The molecule has 11 heavy (non-hydrogen) atoms. The maximum Gasteiger partial charge on any atom is 0.321 e. The Morgan fingerprint density at radius 3 is 2.18 bits per heavy atom. The topological polar surface area (TPSA) is 107 Å². The van der Waals surface area contributed by atoms with Gasteiger partial charge in [0.15, 0.2) is 0 Å². The molecule has 0 bridgehead atoms. The zero-order valence-corrected chi connectivity index (χ0v) is 5.65. The molecule has 0 fully saturated rings. The lowest BCUT2D eigenvalue weighted by atomic mass is 10.2. The third kappa shape index (κ3) is 4.29. The first-order valence-corrected chi connectivity index (χ1v) is 2.86. The third-order valence-corrected chi connectivity index (χ3v) is 1.01. The number of rotatable bonds is 5. The van der Waals surface area contributed by atoms with E-state index in [-0.39, 0.29) is 0 Å². The van der Waals surface area contributed by atoms with E-state index in [9.17, 15) is 9.59 Å². The lowest BCUT2D eigenvalue weighted by molar-refractivity contribution is -0.146. The molecule has 0 aromatic carbocycles. The first kappa shape index (κ1) is 9.86. The Morgan fingerprint density at radius 2 is 1.91 bits per heavy atom. The van der Waals surface area contributed by atoms with E-state index < -0.39 is 31.1 Å². The molecule has 0 rings (SSSR count). The highest BCUT2D eigenvalue weighted by atomic mass is 16.4. The molecular weight excluding hydrogens is 154 g/mol. The van der Waals surface area contributed by atoms with Crippen LogP contribution in [0.3, 0.4) is 0 Å². The van der Waals surface area contributed by atoms with Gasteiger partial charge in [-0.15, -0.1) is 0 Å². The van der Waals surface area contributed by atoms with Crippen LogP contribution in [-0.4, -0.2) is 40.0 Å². The van der Waals surface area contributed by atoms with E-state index in [2.05, 4.69) is 5.32 Å². The molecule has 0 aromatic rings. The lowest BCUT2D eigenvalue weighted by Crippen LogP contribution is -2.38. The van der Waals surface area contributed by atoms with Crippen LogP contribution in [0.2, 0.25) is 0 Å². The van der Waals surface area contributed by atoms with Crippen LogP contribution in [0.25, 0.3) is 0 Å². The zero-order valence-electron chi connectivity index (χ0n) is 5.65. The van der Waals surface area contributed by atoms with Gasteiger partial charge >= 0.3 is 11.9 Å². The van der Waals surface area contributed by atoms with E-state index in [1.54, 1.807) is 0 Å². The average molecular weight is 163 g/mol. The molecule has 6 nitrogen and oxygen atoms in total. The summed E-state index contributed by atoms with van der Waals surface area (Å²) in [6, 6.07) is -1.22. The van der Waals surface area contributed by atoms with Gasteiger partial charge in [-0.3, -0.25) is 14.9 Å². The summed E-state index contributed by atoms with van der Waals surface area (Å²) in [7, 11) is 0. The smallest absolute Gasteiger partial charge is 0.321 e. The van der Waals surface area contributed by atoms with Crippen LogP contribution in [0.15, 0.2) is 0 Å². The molecule has 0 aliphatic rings. The summed E-state index contributed by atoms with van der Waals surface area (Å²) in [4.78, 5) is 20.2. The maximum atomic E-state index is 10.2. The first-order chi connectivity index (χ1) is 5.07. The molecule has 0 spiro atoms. The van der Waals surface area contributed by atoms with E-state index in [0.717, 1.165) is 0 Å². The molecular formula is C5H9NO5. The van der Waals surface area contributed by atoms with Gasteiger partial charge in [-0.05, 0) is 0 Å². The number of hydrogen-bond donors (Lipinski definition) is 4. The maximum absolute atomic E-state index is 10.2. The second kappa shape index (κ2) is 4.64. The van der Waals surface area contributed by atoms with Crippen LogP contribution in [0.5, 0.6) is 0 Å². The van der Waals surface area contributed by atoms with E-state index in [1.807, 2.05) is 0 Å². The quantitative estimate of drug-likeness (QED) is 0.366. The Labute approximate surface area is 62.5 Å². The fraction of sp³-hybridized carbons (Fsp3) is 0.600. The Morgan fingerprint density at radius 1 is 1.36 bits per heavy atom. The SMILES string of the molecule is O=C(O)C[C@H](NCO)C(=O)O. The predicted octanol–water partition coefficient (Wildman–Crippen LogP) is -1.55. The summed E-state index contributed by atoms with van der Waals surface area (Å²) in [6.45, 7) is -0.551. The van der Waals surface area contributed by atoms with Crippen molar-refractivity contribution in [1.82, 2.24) is 5.32 Å². The highest BCUT2D eigenvalue weighted by Gasteiger charge is 2.19. The highest BCUT2D eigenvalue weighted by Crippen LogP contribution is 1.90. The number of aliphatic carboxylic acids is 2. The normalized spacial score (nSPS) is 12.5. The second-order valence-electron chi connectivity index (χ2n) is 1.85. The molecule has 0 unspecified atom stereocenters. The van der Waals surface area contributed by atoms with E-state index >= 15 is 0 Å². The van der Waals surface area contributed by atoms with Gasteiger partial charge in [0.05, 0.1) is 13.2 Å². The van der Waals surface area contributed by atoms with Crippen molar-refractivity contribution < 1.29 is 24.9 Å². The minimum absolute atomic E-state index is 0.546. The highest BCUT2D eigenvalue weighted by molar-refractivity contribution is 5.80. The number of aliphatic hydroxyl groups is 1. The van der Waals surface area contributed by atoms with Gasteiger partial charge in [-0.1, -0.05) is 0 Å². The van der Waals surface area contributed by atoms with Crippen LogP contribution < -0.4 is 5.32 Å². The van der Waals surface area contributed by atoms with Crippen LogP contribution in [0.4, 0.5) is 0 Å². The Balaban J connectivity index is 3.89. The molecule has 0 radical (unpaired) electrons. The monoisotopic (exact) mass is 163 g/mol. The summed E-state index contributed by atoms with van der Waals surface area (Å²) in [6.07, 6.45) is -0.546. The van der Waals surface area contributed by atoms with Gasteiger partial charge in [0.2, 0.25) is 0 Å². The van der Waals surface area contributed by atoms with Crippen molar-refractivity contribution >= 4 is 11.9 Å². The minimum atomic E-state index is -1.29. The Bertz CT molecular complexity index is 157. The van der Waals surface area contributed by atoms with Crippen LogP contribution >= 0.6 is 0 Å². The van der Waals surface area contributed by atoms with E-state index in [1.165, 1.54) is 0 Å². The summed E-state index contributed by atoms with van der Waals surface area (Å²) in [5.41, 5.74) is 0. The van der Waals surface area contributed by atoms with Crippen LogP contribution in [-0.2, 0) is 9.59 Å². The van der Waals surface area contributed by atoms with Gasteiger partial charge in [0.25, 0.3) is 0 Å². The molecule has 1 atom stereocenters. The predicted molar refractivity (Wildman–Crippen MR) is 33.9 cm³/mol. The number of aliphatic hydroxyl groups excluding tert-OH is 1. The fourth-order valence-electron chi connectivity index (χ4n) is 0.532. The van der Waals surface area contributed by atoms with Crippen molar-refractivity contribution in [2.24, 2.45) is 0 Å². The van der Waals surface area contributed by atoms with Crippen molar-refractivity contribution in [3.8, 4) is 0 Å². The summed E-state index contributed by atoms with van der Waals surface area (Å²) in [5.74, 6) is -2.51. The molecule has 0 saturated carbocycles. The van der Waals surface area contributed by atoms with Crippen molar-refractivity contribution in [2.75, 3.05) is 6.73 Å². The molecule has 0 amide bonds. The molecule has 0 saturated heterocycles. The first-order valence-electron chi connectivity index (χ1n) is 2.86. The van der Waals surface area contributed by atoms with Crippen LogP contribution in [0, 0.1) is 0 Å². The number of carboxylic acid groups (broad SMARTS) is 2. The molecule has 6 heteroatoms. The van der Waals surface area contributed by atoms with Crippen molar-refractivity contribution in [1.29, 1.82) is 0 Å². The number of carboxylic acids is 2. The van der Waals surface area contributed by atoms with Gasteiger partial charge in [0.1, 0.15) is 6.04 Å². The largest absolute Gasteiger partial charge is 0.481 e. The van der Waals surface area contributed by atoms with Gasteiger partial charge in [0, 0.05) is 0 Å². The second-order valence-corrected chi connectivity index (χ2v) is 1.85. The van der Waals surface area contributed by atoms with Gasteiger partial charge in [-0.25, -0.2) is 0 Å². The van der Waals surface area contributed by atoms with Crippen molar-refractivity contribution in [3.05, 3.63) is 0 Å². The number of nitrogens with one attached hydrogen (secondary N) is 1. The molecule has 0 heterocycles. The molecule has 0 aliphatic heterocycles. The van der Waals surface area contributed by atoms with E-state index in [0.29, 0.717) is 0 Å². The Kier molecular flexibility index (Phi) is 4.16. The van der Waals surface area contributed by atoms with Crippen LogP contribution in [0.1, 0.15) is 6.42 Å². The van der Waals surface area contributed by atoms with Gasteiger partial charge < -0.3 is 15.3 Å². The molecule has 0 aromatic heterocycles. The van der Waals surface area contributed by atoms with Gasteiger partial charge in [-0.2, -0.15) is 0 Å². The number of carbonyl (C=O) groups is 2. The Hall–Kier alpha value is -1.14. The van der Waals surface area contributed by atoms with E-state index in [4.69, 9.17) is 15.3 Å². The summed E-state index contributed by atoms with van der Waals surface area (Å²) in [5, 5.41) is 26.8. The minimum Gasteiger partial charge on any atom is -0.481 e. The zero-order chi connectivity index (χ0) is 8.85. The molecule has 4 N–H and O–H groups in total. The standard InChI is InChI=1S/C5H9NO5/c7-2-6-3(5(10)11)1-4(8)9/h3,6-7H,1-2H2,(H,8,9)(H,10,11)/t3-/m0/s1. The third-order valence-electron chi connectivity index (χ3n) is 1.01. The fourth-order valence-corrected chi connectivity index (χ4v) is 0.532. The van der Waals surface area contributed by atoms with Crippen molar-refractivity contribution in [2.45, 2.75) is 12.5 Å². The average Bonchev–Trinajstić information content (AvgIpc) is 1.86. The summed E-state index contributed by atoms with van der Waals surface area (Å²) >= 11 is 0. The molecule has 0 aliphatic carbocycles. The lowest BCUT2D eigenvalue weighted by Gasteiger charge is -2.08. The molecule has 64 valence electrons. The summed E-state index contributed by atoms with van der Waals surface area (Å²) < 4.78 is 0. The number of hydrogen-bond acceptors (Lipinski definition) is 4.